The van der Waals surface area contributed by atoms with Gasteiger partial charge in [-0.2, -0.15) is 0 Å². The van der Waals surface area contributed by atoms with Crippen LogP contribution in [0.1, 0.15) is 39.1 Å². The Morgan fingerprint density at radius 3 is 2.38 bits per heavy atom. The fourth-order valence-electron chi connectivity index (χ4n) is 6.44. The van der Waals surface area contributed by atoms with Crippen molar-refractivity contribution in [2.24, 2.45) is 29.4 Å². The first kappa shape index (κ1) is 26.7. The van der Waals surface area contributed by atoms with Crippen molar-refractivity contribution in [3.8, 4) is 16.9 Å². The van der Waals surface area contributed by atoms with E-state index in [0.29, 0.717) is 16.8 Å². The summed E-state index contributed by atoms with van der Waals surface area (Å²) in [4.78, 5) is 78.6. The zero-order chi connectivity index (χ0) is 28.5. The highest BCUT2D eigenvalue weighted by atomic mass is 35.5. The first-order valence-corrected chi connectivity index (χ1v) is 12.7. The second-order valence-corrected chi connectivity index (χ2v) is 11.0. The highest BCUT2D eigenvalue weighted by molar-refractivity contribution is 6.67. The molecule has 202 valence electrons. The minimum atomic E-state index is -2.71. The summed E-state index contributed by atoms with van der Waals surface area (Å²) in [5, 5.41) is 22.0. The number of aromatic hydroxyl groups is 1. The number of benzene rings is 2. The van der Waals surface area contributed by atoms with E-state index in [2.05, 4.69) is 0 Å². The summed E-state index contributed by atoms with van der Waals surface area (Å²) >= 11 is 5.63. The van der Waals surface area contributed by atoms with Crippen molar-refractivity contribution < 1.29 is 39.0 Å². The Balaban J connectivity index is 1.66. The number of amides is 1. The van der Waals surface area contributed by atoms with Crippen LogP contribution < -0.4 is 10.6 Å². The molecule has 4 N–H and O–H groups in total. The van der Waals surface area contributed by atoms with Gasteiger partial charge in [-0.15, -0.1) is 0 Å². The molecule has 0 spiro atoms. The molecular weight excluding hydrogens is 528 g/mol. The van der Waals surface area contributed by atoms with Crippen LogP contribution in [0.25, 0.3) is 11.1 Å². The molecule has 2 aromatic carbocycles. The van der Waals surface area contributed by atoms with Crippen LogP contribution in [0.3, 0.4) is 0 Å². The molecule has 5 atom stereocenters. The van der Waals surface area contributed by atoms with Crippen molar-refractivity contribution in [2.45, 2.75) is 24.9 Å². The van der Waals surface area contributed by atoms with Crippen molar-refractivity contribution in [1.29, 1.82) is 0 Å². The second kappa shape index (κ2) is 9.10. The van der Waals surface area contributed by atoms with Gasteiger partial charge in [-0.3, -0.25) is 28.8 Å². The van der Waals surface area contributed by atoms with Crippen molar-refractivity contribution in [1.82, 2.24) is 0 Å². The number of carbonyl (C=O) groups is 6. The number of hydrogen-bond acceptors (Lipinski definition) is 9. The molecule has 3 aliphatic carbocycles. The number of primary amides is 1. The summed E-state index contributed by atoms with van der Waals surface area (Å²) < 4.78 is 0. The van der Waals surface area contributed by atoms with Gasteiger partial charge >= 0.3 is 0 Å². The Kier molecular flexibility index (Phi) is 6.23. The van der Waals surface area contributed by atoms with Crippen LogP contribution in [0.4, 0.5) is 5.69 Å². The van der Waals surface area contributed by atoms with Crippen LogP contribution in [0, 0.1) is 23.7 Å². The molecule has 11 heteroatoms. The van der Waals surface area contributed by atoms with Crippen LogP contribution >= 0.6 is 11.6 Å². The number of rotatable bonds is 4. The molecule has 3 aliphatic rings. The number of aliphatic hydroxyl groups is 1. The van der Waals surface area contributed by atoms with Crippen molar-refractivity contribution >= 4 is 51.6 Å². The van der Waals surface area contributed by atoms with E-state index in [1.165, 1.54) is 12.1 Å². The molecular formula is C28H25ClN2O8. The first-order valence-electron chi connectivity index (χ1n) is 12.3. The summed E-state index contributed by atoms with van der Waals surface area (Å²) in [6.07, 6.45) is -0.226. The minimum Gasteiger partial charge on any atom is -0.507 e. The Morgan fingerprint density at radius 2 is 1.77 bits per heavy atom. The van der Waals surface area contributed by atoms with Gasteiger partial charge in [0.1, 0.15) is 5.75 Å². The van der Waals surface area contributed by atoms with Gasteiger partial charge in [0.2, 0.25) is 5.91 Å². The molecule has 0 heterocycles. The standard InChI is InChI=1S/C28H25ClN2O8/c1-31(2)17-10-15(11-4-3-5-12(6-11)26(29)37)22(33)20-16(17)8-13-7-14-9-18(32)21(27(30)38)25(36)28(14,39)24(35)19(13)23(20)34/h3-6,10,13-14,19,21,33,39H,7-9H2,1-2H3,(H2,30,38)/t13-,14+,19?,21?,28+/m1/s1. The van der Waals surface area contributed by atoms with Crippen LogP contribution in [0.5, 0.6) is 5.75 Å². The Bertz CT molecular complexity index is 1520. The number of hydrogen-bond donors (Lipinski definition) is 3. The Morgan fingerprint density at radius 1 is 1.08 bits per heavy atom. The van der Waals surface area contributed by atoms with Gasteiger partial charge in [-0.05, 0) is 53.6 Å². The monoisotopic (exact) mass is 552 g/mol. The number of halogens is 1. The molecule has 1 amide bonds. The molecule has 2 saturated carbocycles. The van der Waals surface area contributed by atoms with Crippen LogP contribution in [0.2, 0.25) is 0 Å². The average molecular weight is 553 g/mol. The molecule has 39 heavy (non-hydrogen) atoms. The third-order valence-electron chi connectivity index (χ3n) is 8.26. The normalized spacial score (nSPS) is 27.9. The average Bonchev–Trinajstić information content (AvgIpc) is 2.86. The predicted molar refractivity (Wildman–Crippen MR) is 138 cm³/mol. The topological polar surface area (TPSA) is 172 Å². The number of nitrogens with zero attached hydrogens (tertiary/aromatic N) is 1. The lowest BCUT2D eigenvalue weighted by atomic mass is 9.53. The van der Waals surface area contributed by atoms with E-state index in [1.807, 2.05) is 0 Å². The maximum atomic E-state index is 14.0. The van der Waals surface area contributed by atoms with Gasteiger partial charge in [0.15, 0.2) is 34.7 Å². The number of carbonyl (C=O) groups excluding carboxylic acids is 6. The molecule has 0 radical (unpaired) electrons. The lowest BCUT2D eigenvalue weighted by molar-refractivity contribution is -0.175. The van der Waals surface area contributed by atoms with Gasteiger partial charge < -0.3 is 20.8 Å². The molecule has 2 fully saturated rings. The van der Waals surface area contributed by atoms with Crippen molar-refractivity contribution in [3.63, 3.8) is 0 Å². The van der Waals surface area contributed by atoms with Crippen molar-refractivity contribution in [3.05, 3.63) is 47.0 Å². The first-order chi connectivity index (χ1) is 18.3. The summed E-state index contributed by atoms with van der Waals surface area (Å²) in [6, 6.07) is 7.84. The largest absolute Gasteiger partial charge is 0.507 e. The maximum Gasteiger partial charge on any atom is 0.252 e. The lowest BCUT2D eigenvalue weighted by Crippen LogP contribution is -2.68. The molecule has 0 saturated heterocycles. The molecule has 10 nitrogen and oxygen atoms in total. The molecule has 0 aliphatic heterocycles. The SMILES string of the molecule is CN(C)c1cc(-c2cccc(C(=O)Cl)c2)c(O)c2c1C[C@H]1C[C@H]3CC(=O)C(C(N)=O)C(=O)[C@@]3(O)C(=O)C1C2=O. The van der Waals surface area contributed by atoms with Gasteiger partial charge in [0.05, 0.1) is 11.5 Å². The number of phenolic OH excluding ortho intramolecular Hbond substituents is 1. The van der Waals surface area contributed by atoms with Gasteiger partial charge in [-0.25, -0.2) is 0 Å². The maximum absolute atomic E-state index is 14.0. The smallest absolute Gasteiger partial charge is 0.252 e. The van der Waals surface area contributed by atoms with Gasteiger partial charge in [0.25, 0.3) is 5.24 Å². The number of nitrogens with two attached hydrogens (primary N) is 1. The Labute approximate surface area is 227 Å². The van der Waals surface area contributed by atoms with Crippen molar-refractivity contribution in [2.75, 3.05) is 19.0 Å². The number of phenols is 1. The van der Waals surface area contributed by atoms with Crippen LogP contribution in [-0.2, 0) is 25.6 Å². The molecule has 0 aromatic heterocycles. The summed E-state index contributed by atoms with van der Waals surface area (Å²) in [6.45, 7) is 0. The predicted octanol–water partition coefficient (Wildman–Crippen LogP) is 1.44. The lowest BCUT2D eigenvalue weighted by Gasteiger charge is -2.48. The number of anilines is 1. The zero-order valence-corrected chi connectivity index (χ0v) is 21.8. The van der Waals surface area contributed by atoms with E-state index in [0.717, 1.165) is 0 Å². The number of Topliss-reactive ketones (excluding diaryl/α,β-unsaturated/α-hetero) is 4. The van der Waals surface area contributed by atoms with Crippen LogP contribution in [-0.4, -0.2) is 64.2 Å². The third kappa shape index (κ3) is 3.81. The molecule has 2 aromatic rings. The second-order valence-electron chi connectivity index (χ2n) is 10.6. The van der Waals surface area contributed by atoms with E-state index < -0.39 is 75.7 Å². The number of ketones is 4. The van der Waals surface area contributed by atoms with E-state index >= 15 is 0 Å². The summed E-state index contributed by atoms with van der Waals surface area (Å²) in [7, 11) is 3.50. The summed E-state index contributed by atoms with van der Waals surface area (Å²) in [5.41, 5.74) is 4.26. The third-order valence-corrected chi connectivity index (χ3v) is 8.48. The van der Waals surface area contributed by atoms with Gasteiger partial charge in [0, 0.05) is 43.2 Å². The van der Waals surface area contributed by atoms with E-state index in [1.54, 1.807) is 37.2 Å². The molecule has 0 bridgehead atoms. The summed E-state index contributed by atoms with van der Waals surface area (Å²) in [5.74, 6) is -10.8. The van der Waals surface area contributed by atoms with E-state index in [9.17, 15) is 39.0 Å². The van der Waals surface area contributed by atoms with Crippen LogP contribution in [0.15, 0.2) is 30.3 Å². The highest BCUT2D eigenvalue weighted by Gasteiger charge is 2.66. The Hall–Kier alpha value is -3.89. The quantitative estimate of drug-likeness (QED) is 0.374. The zero-order valence-electron chi connectivity index (χ0n) is 21.1. The van der Waals surface area contributed by atoms with E-state index in [-0.39, 0.29) is 29.5 Å². The fourth-order valence-corrected chi connectivity index (χ4v) is 6.56. The van der Waals surface area contributed by atoms with E-state index in [4.69, 9.17) is 17.3 Å². The highest BCUT2D eigenvalue weighted by Crippen LogP contribution is 2.52. The minimum absolute atomic E-state index is 0.0102. The molecule has 2 unspecified atom stereocenters. The van der Waals surface area contributed by atoms with Gasteiger partial charge in [-0.1, -0.05) is 18.2 Å². The number of fused-ring (bicyclic) bond motifs is 3. The fraction of sp³-hybridized carbons (Fsp3) is 0.357. The molecule has 5 rings (SSSR count).